The monoisotopic (exact) mass is 212 g/mol. The molecule has 1 heterocycles. The van der Waals surface area contributed by atoms with Crippen molar-refractivity contribution in [2.75, 3.05) is 0 Å². The van der Waals surface area contributed by atoms with Crippen molar-refractivity contribution >= 4 is 5.97 Å². The number of aromatic nitrogens is 2. The number of hydrogen-bond acceptors (Lipinski definition) is 3. The fourth-order valence-electron chi connectivity index (χ4n) is 1.30. The Morgan fingerprint density at radius 1 is 1.47 bits per heavy atom. The molecular formula is C10H16N2O3. The fourth-order valence-corrected chi connectivity index (χ4v) is 1.30. The molecule has 1 unspecified atom stereocenters. The van der Waals surface area contributed by atoms with E-state index in [0.29, 0.717) is 0 Å². The Hall–Kier alpha value is -1.36. The Kier molecular flexibility index (Phi) is 2.86. The maximum Gasteiger partial charge on any atom is 0.337 e. The van der Waals surface area contributed by atoms with E-state index in [0.717, 1.165) is 17.0 Å². The minimum atomic E-state index is -1.78. The molecule has 0 aliphatic carbocycles. The van der Waals surface area contributed by atoms with Crippen LogP contribution in [0, 0.1) is 20.8 Å². The van der Waals surface area contributed by atoms with Gasteiger partial charge in [0.15, 0.2) is 5.60 Å². The second-order valence-electron chi connectivity index (χ2n) is 4.03. The van der Waals surface area contributed by atoms with Crippen molar-refractivity contribution in [2.24, 2.45) is 0 Å². The minimum absolute atomic E-state index is 0.0388. The first-order valence-corrected chi connectivity index (χ1v) is 4.72. The van der Waals surface area contributed by atoms with Crippen molar-refractivity contribution < 1.29 is 15.0 Å². The van der Waals surface area contributed by atoms with E-state index in [-0.39, 0.29) is 6.54 Å². The van der Waals surface area contributed by atoms with Crippen LogP contribution in [0.3, 0.4) is 0 Å². The summed E-state index contributed by atoms with van der Waals surface area (Å²) in [5, 5.41) is 22.6. The molecule has 2 N–H and O–H groups in total. The van der Waals surface area contributed by atoms with E-state index in [2.05, 4.69) is 5.10 Å². The summed E-state index contributed by atoms with van der Waals surface area (Å²) in [4.78, 5) is 10.7. The third-order valence-electron chi connectivity index (χ3n) is 2.66. The summed E-state index contributed by atoms with van der Waals surface area (Å²) in [5.74, 6) is -1.24. The van der Waals surface area contributed by atoms with Crippen LogP contribution in [0.15, 0.2) is 0 Å². The molecule has 0 saturated heterocycles. The predicted octanol–water partition coefficient (Wildman–Crippen LogP) is 0.644. The molecule has 0 aliphatic heterocycles. The van der Waals surface area contributed by atoms with Crippen LogP contribution >= 0.6 is 0 Å². The van der Waals surface area contributed by atoms with E-state index in [1.54, 1.807) is 0 Å². The smallest absolute Gasteiger partial charge is 0.337 e. The molecule has 0 radical (unpaired) electrons. The van der Waals surface area contributed by atoms with Gasteiger partial charge in [-0.1, -0.05) is 0 Å². The van der Waals surface area contributed by atoms with E-state index < -0.39 is 11.6 Å². The lowest BCUT2D eigenvalue weighted by Gasteiger charge is -2.18. The average Bonchev–Trinajstić information content (AvgIpc) is 2.33. The number of hydrogen-bond donors (Lipinski definition) is 2. The van der Waals surface area contributed by atoms with Gasteiger partial charge < -0.3 is 10.2 Å². The summed E-state index contributed by atoms with van der Waals surface area (Å²) in [7, 11) is 0. The topological polar surface area (TPSA) is 75.3 Å². The number of carbonyl (C=O) groups is 1. The molecule has 1 aromatic heterocycles. The zero-order valence-electron chi connectivity index (χ0n) is 9.40. The van der Waals surface area contributed by atoms with Gasteiger partial charge in [-0.05, 0) is 33.3 Å². The van der Waals surface area contributed by atoms with Crippen LogP contribution in [-0.4, -0.2) is 31.6 Å². The molecule has 1 aromatic rings. The quantitative estimate of drug-likeness (QED) is 0.771. The highest BCUT2D eigenvalue weighted by Gasteiger charge is 2.31. The Bertz CT molecular complexity index is 394. The maximum absolute atomic E-state index is 10.7. The van der Waals surface area contributed by atoms with E-state index in [9.17, 15) is 9.90 Å². The van der Waals surface area contributed by atoms with Gasteiger partial charge in [-0.2, -0.15) is 5.10 Å². The second kappa shape index (κ2) is 3.66. The number of aliphatic hydroxyl groups is 1. The fraction of sp³-hybridized carbons (Fsp3) is 0.600. The van der Waals surface area contributed by atoms with Gasteiger partial charge in [-0.15, -0.1) is 0 Å². The molecule has 0 spiro atoms. The van der Waals surface area contributed by atoms with Crippen LogP contribution in [0.25, 0.3) is 0 Å². The van der Waals surface area contributed by atoms with Crippen molar-refractivity contribution in [3.8, 4) is 0 Å². The molecule has 0 amide bonds. The minimum Gasteiger partial charge on any atom is -0.479 e. The maximum atomic E-state index is 10.7. The van der Waals surface area contributed by atoms with Crippen LogP contribution in [0.1, 0.15) is 23.9 Å². The second-order valence-corrected chi connectivity index (χ2v) is 4.03. The highest BCUT2D eigenvalue weighted by Crippen LogP contribution is 2.14. The molecule has 5 heteroatoms. The van der Waals surface area contributed by atoms with Crippen LogP contribution in [0.5, 0.6) is 0 Å². The predicted molar refractivity (Wildman–Crippen MR) is 54.7 cm³/mol. The van der Waals surface area contributed by atoms with Gasteiger partial charge in [0.1, 0.15) is 0 Å². The van der Waals surface area contributed by atoms with Gasteiger partial charge in [0.25, 0.3) is 0 Å². The SMILES string of the molecule is Cc1nn(CC(C)(O)C(=O)O)c(C)c1C. The lowest BCUT2D eigenvalue weighted by Crippen LogP contribution is -2.40. The molecule has 0 fully saturated rings. The summed E-state index contributed by atoms with van der Waals surface area (Å²) in [6, 6.07) is 0. The Balaban J connectivity index is 3.00. The van der Waals surface area contributed by atoms with Gasteiger partial charge in [0, 0.05) is 5.69 Å². The molecule has 0 aliphatic rings. The van der Waals surface area contributed by atoms with Gasteiger partial charge in [-0.3, -0.25) is 4.68 Å². The van der Waals surface area contributed by atoms with Crippen molar-refractivity contribution in [3.05, 3.63) is 17.0 Å². The summed E-state index contributed by atoms with van der Waals surface area (Å²) in [6.07, 6.45) is 0. The summed E-state index contributed by atoms with van der Waals surface area (Å²) in [6.45, 7) is 6.86. The molecule has 0 aromatic carbocycles. The highest BCUT2D eigenvalue weighted by atomic mass is 16.4. The number of aryl methyl sites for hydroxylation is 1. The Morgan fingerprint density at radius 2 is 2.00 bits per heavy atom. The van der Waals surface area contributed by atoms with Crippen molar-refractivity contribution in [3.63, 3.8) is 0 Å². The number of aliphatic carboxylic acids is 1. The normalized spacial score (nSPS) is 15.0. The summed E-state index contributed by atoms with van der Waals surface area (Å²) in [5.41, 5.74) is 0.981. The molecule has 5 nitrogen and oxygen atoms in total. The van der Waals surface area contributed by atoms with Crippen molar-refractivity contribution in [1.29, 1.82) is 0 Å². The van der Waals surface area contributed by atoms with Gasteiger partial charge in [-0.25, -0.2) is 4.79 Å². The first kappa shape index (κ1) is 11.7. The van der Waals surface area contributed by atoms with Crippen molar-refractivity contribution in [2.45, 2.75) is 39.8 Å². The lowest BCUT2D eigenvalue weighted by atomic mass is 10.1. The zero-order chi connectivity index (χ0) is 11.8. The highest BCUT2D eigenvalue weighted by molar-refractivity contribution is 5.76. The van der Waals surface area contributed by atoms with Crippen LogP contribution in [-0.2, 0) is 11.3 Å². The molecular weight excluding hydrogens is 196 g/mol. The first-order valence-electron chi connectivity index (χ1n) is 4.72. The first-order chi connectivity index (χ1) is 6.75. The van der Waals surface area contributed by atoms with Crippen molar-refractivity contribution in [1.82, 2.24) is 9.78 Å². The van der Waals surface area contributed by atoms with Crippen LogP contribution in [0.2, 0.25) is 0 Å². The number of carboxylic acids is 1. The van der Waals surface area contributed by atoms with Gasteiger partial charge in [0.05, 0.1) is 12.2 Å². The third-order valence-corrected chi connectivity index (χ3v) is 2.66. The molecule has 15 heavy (non-hydrogen) atoms. The number of nitrogens with zero attached hydrogens (tertiary/aromatic N) is 2. The molecule has 0 bridgehead atoms. The van der Waals surface area contributed by atoms with Gasteiger partial charge >= 0.3 is 5.97 Å². The molecule has 0 saturated carbocycles. The zero-order valence-corrected chi connectivity index (χ0v) is 9.40. The molecule has 1 rings (SSSR count). The van der Waals surface area contributed by atoms with E-state index in [1.807, 2.05) is 20.8 Å². The Labute approximate surface area is 88.3 Å². The van der Waals surface area contributed by atoms with Crippen LogP contribution < -0.4 is 0 Å². The van der Waals surface area contributed by atoms with Gasteiger partial charge in [0.2, 0.25) is 0 Å². The van der Waals surface area contributed by atoms with Crippen LogP contribution in [0.4, 0.5) is 0 Å². The van der Waals surface area contributed by atoms with E-state index >= 15 is 0 Å². The largest absolute Gasteiger partial charge is 0.479 e. The number of carboxylic acid groups (broad SMARTS) is 1. The molecule has 84 valence electrons. The standard InChI is InChI=1S/C10H16N2O3/c1-6-7(2)11-12(8(6)3)5-10(4,15)9(13)14/h15H,5H2,1-4H3,(H,13,14). The Morgan fingerprint density at radius 3 is 2.33 bits per heavy atom. The third kappa shape index (κ3) is 2.18. The molecule has 1 atom stereocenters. The van der Waals surface area contributed by atoms with E-state index in [4.69, 9.17) is 5.11 Å². The summed E-state index contributed by atoms with van der Waals surface area (Å²) < 4.78 is 1.53. The number of rotatable bonds is 3. The summed E-state index contributed by atoms with van der Waals surface area (Å²) >= 11 is 0. The average molecular weight is 212 g/mol. The van der Waals surface area contributed by atoms with E-state index in [1.165, 1.54) is 11.6 Å². The lowest BCUT2D eigenvalue weighted by molar-refractivity contribution is -0.158.